The first-order valence-corrected chi connectivity index (χ1v) is 6.01. The fourth-order valence-electron chi connectivity index (χ4n) is 2.07. The highest BCUT2D eigenvalue weighted by Gasteiger charge is 2.27. The van der Waals surface area contributed by atoms with Crippen molar-refractivity contribution >= 4 is 0 Å². The molecule has 1 heterocycles. The largest absolute Gasteiger partial charge is 0.315 e. The topological polar surface area (TPSA) is 15.3 Å². The Labute approximate surface area is 89.1 Å². The summed E-state index contributed by atoms with van der Waals surface area (Å²) in [6.07, 6.45) is 5.30. The minimum absolute atomic E-state index is 0.344. The summed E-state index contributed by atoms with van der Waals surface area (Å²) in [7, 11) is 2.28. The third-order valence-electron chi connectivity index (χ3n) is 3.89. The molecule has 0 saturated carbocycles. The van der Waals surface area contributed by atoms with Crippen molar-refractivity contribution in [3.63, 3.8) is 0 Å². The van der Waals surface area contributed by atoms with E-state index in [0.717, 1.165) is 6.04 Å². The van der Waals surface area contributed by atoms with E-state index in [9.17, 15) is 0 Å². The summed E-state index contributed by atoms with van der Waals surface area (Å²) < 4.78 is 0. The summed E-state index contributed by atoms with van der Waals surface area (Å²) in [5.74, 6) is 0. The van der Waals surface area contributed by atoms with Gasteiger partial charge in [0, 0.05) is 18.1 Å². The van der Waals surface area contributed by atoms with Crippen molar-refractivity contribution in [2.24, 2.45) is 0 Å². The molecule has 1 atom stereocenters. The van der Waals surface area contributed by atoms with Crippen LogP contribution in [0, 0.1) is 0 Å². The predicted molar refractivity (Wildman–Crippen MR) is 62.6 cm³/mol. The van der Waals surface area contributed by atoms with Gasteiger partial charge in [-0.15, -0.1) is 0 Å². The van der Waals surface area contributed by atoms with Crippen molar-refractivity contribution in [2.45, 2.75) is 58.0 Å². The maximum absolute atomic E-state index is 3.53. The molecule has 1 rings (SSSR count). The molecule has 14 heavy (non-hydrogen) atoms. The van der Waals surface area contributed by atoms with Crippen LogP contribution in [0.25, 0.3) is 0 Å². The minimum atomic E-state index is 0.344. The Kier molecular flexibility index (Phi) is 4.39. The van der Waals surface area contributed by atoms with Crippen LogP contribution < -0.4 is 5.32 Å². The Hall–Kier alpha value is -0.0800. The van der Waals surface area contributed by atoms with Crippen LogP contribution in [0.15, 0.2) is 0 Å². The van der Waals surface area contributed by atoms with E-state index in [1.807, 2.05) is 0 Å². The number of nitrogens with one attached hydrogen (secondary N) is 1. The van der Waals surface area contributed by atoms with Gasteiger partial charge in [-0.05, 0) is 46.7 Å². The Morgan fingerprint density at radius 3 is 2.71 bits per heavy atom. The Morgan fingerprint density at radius 1 is 1.36 bits per heavy atom. The van der Waals surface area contributed by atoms with Gasteiger partial charge in [0.05, 0.1) is 0 Å². The number of hydrogen-bond donors (Lipinski definition) is 1. The molecule has 0 aromatic heterocycles. The third-order valence-corrected chi connectivity index (χ3v) is 3.89. The Bertz CT molecular complexity index is 158. The maximum Gasteiger partial charge on any atom is 0.0222 e. The molecule has 0 spiro atoms. The molecule has 1 aliphatic heterocycles. The highest BCUT2D eigenvalue weighted by atomic mass is 15.2. The van der Waals surface area contributed by atoms with Crippen LogP contribution in [0.1, 0.15) is 46.5 Å². The van der Waals surface area contributed by atoms with Crippen molar-refractivity contribution in [2.75, 3.05) is 20.1 Å². The SMILES string of the molecule is CCC(C)(C)N(C)C1CCCCNC1. The monoisotopic (exact) mass is 198 g/mol. The van der Waals surface area contributed by atoms with E-state index in [1.54, 1.807) is 0 Å². The summed E-state index contributed by atoms with van der Waals surface area (Å²) in [6.45, 7) is 9.34. The Morgan fingerprint density at radius 2 is 2.07 bits per heavy atom. The van der Waals surface area contributed by atoms with Crippen molar-refractivity contribution in [3.8, 4) is 0 Å². The van der Waals surface area contributed by atoms with E-state index in [2.05, 4.69) is 38.0 Å². The van der Waals surface area contributed by atoms with Gasteiger partial charge in [-0.2, -0.15) is 0 Å². The average Bonchev–Trinajstić information content (AvgIpc) is 2.44. The molecule has 1 N–H and O–H groups in total. The second kappa shape index (κ2) is 5.13. The first kappa shape index (κ1) is 12.0. The standard InChI is InChI=1S/C12H26N2/c1-5-12(2,3)14(4)11-8-6-7-9-13-10-11/h11,13H,5-10H2,1-4H3. The van der Waals surface area contributed by atoms with Crippen LogP contribution in [0.4, 0.5) is 0 Å². The number of hydrogen-bond acceptors (Lipinski definition) is 2. The van der Waals surface area contributed by atoms with E-state index >= 15 is 0 Å². The number of rotatable bonds is 3. The van der Waals surface area contributed by atoms with Gasteiger partial charge in [-0.25, -0.2) is 0 Å². The lowest BCUT2D eigenvalue weighted by Gasteiger charge is -2.40. The number of likely N-dealkylation sites (N-methyl/N-ethyl adjacent to an activating group) is 1. The molecule has 1 unspecified atom stereocenters. The first-order chi connectivity index (χ1) is 6.58. The van der Waals surface area contributed by atoms with Crippen LogP contribution in [0.2, 0.25) is 0 Å². The minimum Gasteiger partial charge on any atom is -0.315 e. The van der Waals surface area contributed by atoms with Crippen LogP contribution >= 0.6 is 0 Å². The normalized spacial score (nSPS) is 25.1. The van der Waals surface area contributed by atoms with E-state index in [-0.39, 0.29) is 0 Å². The highest BCUT2D eigenvalue weighted by Crippen LogP contribution is 2.22. The smallest absolute Gasteiger partial charge is 0.0222 e. The average molecular weight is 198 g/mol. The van der Waals surface area contributed by atoms with E-state index in [0.29, 0.717) is 5.54 Å². The van der Waals surface area contributed by atoms with Gasteiger partial charge in [-0.3, -0.25) is 4.90 Å². The van der Waals surface area contributed by atoms with Crippen molar-refractivity contribution < 1.29 is 0 Å². The summed E-state index contributed by atoms with van der Waals surface area (Å²) >= 11 is 0. The van der Waals surface area contributed by atoms with Crippen LogP contribution in [0.3, 0.4) is 0 Å². The lowest BCUT2D eigenvalue weighted by Crippen LogP contribution is -2.50. The molecule has 0 bridgehead atoms. The molecule has 0 radical (unpaired) electrons. The molecule has 0 aromatic carbocycles. The summed E-state index contributed by atoms with van der Waals surface area (Å²) in [5.41, 5.74) is 0.344. The van der Waals surface area contributed by atoms with Crippen LogP contribution in [-0.2, 0) is 0 Å². The second-order valence-electron chi connectivity index (χ2n) is 5.13. The molecule has 1 aliphatic rings. The van der Waals surface area contributed by atoms with Crippen LogP contribution in [-0.4, -0.2) is 36.6 Å². The molecule has 1 saturated heterocycles. The van der Waals surface area contributed by atoms with E-state index < -0.39 is 0 Å². The molecule has 1 fully saturated rings. The molecular weight excluding hydrogens is 172 g/mol. The summed E-state index contributed by atoms with van der Waals surface area (Å²) in [6, 6.07) is 0.729. The lowest BCUT2D eigenvalue weighted by atomic mass is 9.96. The van der Waals surface area contributed by atoms with Gasteiger partial charge in [0.15, 0.2) is 0 Å². The van der Waals surface area contributed by atoms with Gasteiger partial charge in [0.1, 0.15) is 0 Å². The fraction of sp³-hybridized carbons (Fsp3) is 1.00. The lowest BCUT2D eigenvalue weighted by molar-refractivity contribution is 0.0935. The predicted octanol–water partition coefficient (Wildman–Crippen LogP) is 2.25. The summed E-state index contributed by atoms with van der Waals surface area (Å²) in [5, 5.41) is 3.53. The van der Waals surface area contributed by atoms with Crippen molar-refractivity contribution in [3.05, 3.63) is 0 Å². The van der Waals surface area contributed by atoms with Crippen LogP contribution in [0.5, 0.6) is 0 Å². The quantitative estimate of drug-likeness (QED) is 0.748. The Balaban J connectivity index is 2.53. The zero-order valence-electron chi connectivity index (χ0n) is 10.3. The molecule has 0 aliphatic carbocycles. The number of nitrogens with zero attached hydrogens (tertiary/aromatic N) is 1. The van der Waals surface area contributed by atoms with Gasteiger partial charge in [0.2, 0.25) is 0 Å². The molecule has 2 heteroatoms. The molecule has 2 nitrogen and oxygen atoms in total. The third kappa shape index (κ3) is 2.96. The maximum atomic E-state index is 3.53. The van der Waals surface area contributed by atoms with Crippen molar-refractivity contribution in [1.82, 2.24) is 10.2 Å². The molecular formula is C12H26N2. The zero-order chi connectivity index (χ0) is 10.6. The fourth-order valence-corrected chi connectivity index (χ4v) is 2.07. The molecule has 0 aromatic rings. The molecule has 0 amide bonds. The highest BCUT2D eigenvalue weighted by molar-refractivity contribution is 4.85. The zero-order valence-corrected chi connectivity index (χ0v) is 10.3. The van der Waals surface area contributed by atoms with Crippen molar-refractivity contribution in [1.29, 1.82) is 0 Å². The van der Waals surface area contributed by atoms with Gasteiger partial charge in [-0.1, -0.05) is 13.3 Å². The molecule has 84 valence electrons. The summed E-state index contributed by atoms with van der Waals surface area (Å²) in [4.78, 5) is 2.56. The second-order valence-corrected chi connectivity index (χ2v) is 5.13. The van der Waals surface area contributed by atoms with Gasteiger partial charge < -0.3 is 5.32 Å². The van der Waals surface area contributed by atoms with Gasteiger partial charge >= 0.3 is 0 Å². The van der Waals surface area contributed by atoms with Gasteiger partial charge in [0.25, 0.3) is 0 Å². The first-order valence-electron chi connectivity index (χ1n) is 6.01. The van der Waals surface area contributed by atoms with E-state index in [4.69, 9.17) is 0 Å². The van der Waals surface area contributed by atoms with E-state index in [1.165, 1.54) is 38.8 Å².